The second-order valence-corrected chi connectivity index (χ2v) is 10.1. The lowest BCUT2D eigenvalue weighted by Crippen LogP contribution is -2.35. The van der Waals surface area contributed by atoms with Gasteiger partial charge in [-0.1, -0.05) is 18.2 Å². The van der Waals surface area contributed by atoms with E-state index >= 15 is 0 Å². The Morgan fingerprint density at radius 3 is 2.70 bits per heavy atom. The number of carbonyl (C=O) groups excluding carboxylic acids is 1. The molecule has 27 heavy (non-hydrogen) atoms. The van der Waals surface area contributed by atoms with Gasteiger partial charge in [0.05, 0.1) is 17.5 Å². The number of aromatic nitrogens is 2. The van der Waals surface area contributed by atoms with Gasteiger partial charge >= 0.3 is 0 Å². The summed E-state index contributed by atoms with van der Waals surface area (Å²) in [6.07, 6.45) is 4.70. The maximum Gasteiger partial charge on any atom is 0.278 e. The average molecular weight is 385 g/mol. The molecule has 5 rings (SSSR count). The largest absolute Gasteiger partial charge is 0.307 e. The Kier molecular flexibility index (Phi) is 3.89. The molecular formula is C20H23N3O3S. The lowest BCUT2D eigenvalue weighted by Gasteiger charge is -2.28. The van der Waals surface area contributed by atoms with E-state index in [1.807, 2.05) is 33.8 Å². The van der Waals surface area contributed by atoms with Crippen molar-refractivity contribution in [3.05, 3.63) is 47.3 Å². The van der Waals surface area contributed by atoms with Gasteiger partial charge in [0.2, 0.25) is 0 Å². The highest BCUT2D eigenvalue weighted by Gasteiger charge is 2.37. The number of carbonyl (C=O) groups is 1. The number of fused-ring (bicyclic) bond motifs is 1. The van der Waals surface area contributed by atoms with Crippen molar-refractivity contribution in [1.29, 1.82) is 0 Å². The van der Waals surface area contributed by atoms with Crippen LogP contribution in [0.25, 0.3) is 0 Å². The van der Waals surface area contributed by atoms with Gasteiger partial charge in [0.15, 0.2) is 15.5 Å². The van der Waals surface area contributed by atoms with E-state index in [2.05, 4.69) is 11.2 Å². The van der Waals surface area contributed by atoms with Crippen molar-refractivity contribution < 1.29 is 13.2 Å². The van der Waals surface area contributed by atoms with Crippen molar-refractivity contribution in [2.45, 2.75) is 44.1 Å². The lowest BCUT2D eigenvalue weighted by atomic mass is 10.0. The molecule has 3 aliphatic rings. The fourth-order valence-corrected chi connectivity index (χ4v) is 6.03. The summed E-state index contributed by atoms with van der Waals surface area (Å²) in [4.78, 5) is 15.1. The molecule has 1 amide bonds. The first-order valence-corrected chi connectivity index (χ1v) is 11.5. The molecule has 7 heteroatoms. The standard InChI is InChI=1S/C20H23N3O3S/c24-20(22-10-3-5-14-4-1-2-6-18(14)22)17-12-19(15-7-8-15)23(21-17)16-9-11-27(25,26)13-16/h1-2,4,6,12,15-16H,3,5,7-11,13H2. The van der Waals surface area contributed by atoms with E-state index in [1.54, 1.807) is 0 Å². The predicted molar refractivity (Wildman–Crippen MR) is 103 cm³/mol. The van der Waals surface area contributed by atoms with Crippen molar-refractivity contribution in [3.63, 3.8) is 0 Å². The monoisotopic (exact) mass is 385 g/mol. The molecule has 0 N–H and O–H groups in total. The van der Waals surface area contributed by atoms with Crippen molar-refractivity contribution in [3.8, 4) is 0 Å². The van der Waals surface area contributed by atoms with E-state index < -0.39 is 9.84 Å². The van der Waals surface area contributed by atoms with E-state index in [4.69, 9.17) is 0 Å². The van der Waals surface area contributed by atoms with Crippen molar-refractivity contribution in [1.82, 2.24) is 9.78 Å². The number of nitrogens with zero attached hydrogens (tertiary/aromatic N) is 3. The minimum absolute atomic E-state index is 0.0799. The number of sulfone groups is 1. The summed E-state index contributed by atoms with van der Waals surface area (Å²) in [5.41, 5.74) is 3.64. The molecule has 2 fully saturated rings. The summed E-state index contributed by atoms with van der Waals surface area (Å²) >= 11 is 0. The molecule has 1 aromatic heterocycles. The van der Waals surface area contributed by atoms with Crippen molar-refractivity contribution in [2.24, 2.45) is 0 Å². The van der Waals surface area contributed by atoms with Crippen LogP contribution in [0.3, 0.4) is 0 Å². The average Bonchev–Trinajstić information content (AvgIpc) is 3.31. The van der Waals surface area contributed by atoms with Crippen LogP contribution in [0.1, 0.15) is 59.4 Å². The minimum Gasteiger partial charge on any atom is -0.307 e. The Bertz CT molecular complexity index is 1010. The molecule has 1 saturated carbocycles. The lowest BCUT2D eigenvalue weighted by molar-refractivity contribution is 0.0979. The first-order valence-electron chi connectivity index (χ1n) is 9.71. The van der Waals surface area contributed by atoms with Crippen LogP contribution in [0.2, 0.25) is 0 Å². The molecule has 1 aliphatic carbocycles. The number of aryl methyl sites for hydroxylation is 1. The first-order chi connectivity index (χ1) is 13.0. The molecule has 0 spiro atoms. The highest BCUT2D eigenvalue weighted by Crippen LogP contribution is 2.42. The van der Waals surface area contributed by atoms with Gasteiger partial charge in [-0.15, -0.1) is 0 Å². The van der Waals surface area contributed by atoms with Crippen molar-refractivity contribution in [2.75, 3.05) is 23.0 Å². The zero-order chi connectivity index (χ0) is 18.6. The number of benzene rings is 1. The quantitative estimate of drug-likeness (QED) is 0.814. The fourth-order valence-electron chi connectivity index (χ4n) is 4.34. The van der Waals surface area contributed by atoms with E-state index in [1.165, 1.54) is 5.56 Å². The normalized spacial score (nSPS) is 24.0. The summed E-state index contributed by atoms with van der Waals surface area (Å²) in [6, 6.07) is 9.80. The van der Waals surface area contributed by atoms with Gasteiger partial charge in [-0.05, 0) is 49.8 Å². The highest BCUT2D eigenvalue weighted by molar-refractivity contribution is 7.91. The Morgan fingerprint density at radius 2 is 1.96 bits per heavy atom. The second-order valence-electron chi connectivity index (χ2n) is 7.92. The molecule has 2 aromatic rings. The fraction of sp³-hybridized carbons (Fsp3) is 0.500. The molecule has 3 heterocycles. The van der Waals surface area contributed by atoms with Crippen LogP contribution in [-0.4, -0.2) is 42.2 Å². The summed E-state index contributed by atoms with van der Waals surface area (Å²) in [6.45, 7) is 0.694. The number of hydrogen-bond donors (Lipinski definition) is 0. The molecule has 0 bridgehead atoms. The second kappa shape index (κ2) is 6.19. The maximum absolute atomic E-state index is 13.2. The van der Waals surface area contributed by atoms with Gasteiger partial charge in [-0.25, -0.2) is 8.42 Å². The molecule has 1 unspecified atom stereocenters. The third-order valence-electron chi connectivity index (χ3n) is 5.89. The van der Waals surface area contributed by atoms with Crippen LogP contribution >= 0.6 is 0 Å². The Balaban J connectivity index is 1.49. The number of hydrogen-bond acceptors (Lipinski definition) is 4. The number of anilines is 1. The molecule has 1 aromatic carbocycles. The first kappa shape index (κ1) is 17.0. The minimum atomic E-state index is -2.99. The Morgan fingerprint density at radius 1 is 1.15 bits per heavy atom. The van der Waals surface area contributed by atoms with Crippen molar-refractivity contribution >= 4 is 21.4 Å². The third kappa shape index (κ3) is 3.08. The highest BCUT2D eigenvalue weighted by atomic mass is 32.2. The molecule has 2 aliphatic heterocycles. The zero-order valence-electron chi connectivity index (χ0n) is 15.2. The zero-order valence-corrected chi connectivity index (χ0v) is 16.0. The van der Waals surface area contributed by atoms with Crippen LogP contribution in [0.5, 0.6) is 0 Å². The van der Waals surface area contributed by atoms with Crippen LogP contribution in [0.4, 0.5) is 5.69 Å². The molecule has 6 nitrogen and oxygen atoms in total. The summed E-state index contributed by atoms with van der Waals surface area (Å²) in [7, 11) is -2.99. The van der Waals surface area contributed by atoms with Gasteiger partial charge in [-0.3, -0.25) is 9.48 Å². The summed E-state index contributed by atoms with van der Waals surface area (Å²) in [5, 5.41) is 4.63. The summed E-state index contributed by atoms with van der Waals surface area (Å²) < 4.78 is 25.7. The van der Waals surface area contributed by atoms with E-state index in [0.29, 0.717) is 24.6 Å². The number of rotatable bonds is 3. The molecule has 1 atom stereocenters. The molecule has 142 valence electrons. The Labute approximate surface area is 159 Å². The topological polar surface area (TPSA) is 72.3 Å². The third-order valence-corrected chi connectivity index (χ3v) is 7.64. The molecule has 0 radical (unpaired) electrons. The molecule has 1 saturated heterocycles. The maximum atomic E-state index is 13.2. The van der Waals surface area contributed by atoms with Gasteiger partial charge < -0.3 is 4.90 Å². The smallest absolute Gasteiger partial charge is 0.278 e. The van der Waals surface area contributed by atoms with E-state index in [9.17, 15) is 13.2 Å². The summed E-state index contributed by atoms with van der Waals surface area (Å²) in [5.74, 6) is 0.679. The Hall–Kier alpha value is -2.15. The van der Waals surface area contributed by atoms with Gasteiger partial charge in [0, 0.05) is 23.8 Å². The number of amides is 1. The van der Waals surface area contributed by atoms with Gasteiger partial charge in [-0.2, -0.15) is 5.10 Å². The van der Waals surface area contributed by atoms with Crippen LogP contribution in [0, 0.1) is 0 Å². The number of para-hydroxylation sites is 1. The van der Waals surface area contributed by atoms with Gasteiger partial charge in [0.25, 0.3) is 5.91 Å². The molecular weight excluding hydrogens is 362 g/mol. The van der Waals surface area contributed by atoms with Gasteiger partial charge in [0.1, 0.15) is 0 Å². The van der Waals surface area contributed by atoms with Crippen LogP contribution < -0.4 is 4.90 Å². The van der Waals surface area contributed by atoms with Crippen LogP contribution in [-0.2, 0) is 16.3 Å². The van der Waals surface area contributed by atoms with Crippen LogP contribution in [0.15, 0.2) is 30.3 Å². The predicted octanol–water partition coefficient (Wildman–Crippen LogP) is 2.71. The van der Waals surface area contributed by atoms with E-state index in [-0.39, 0.29) is 23.5 Å². The van der Waals surface area contributed by atoms with E-state index in [0.717, 1.165) is 37.1 Å². The SMILES string of the molecule is O=C(c1cc(C2CC2)n(C2CCS(=O)(=O)C2)n1)N1CCCc2ccccc21.